The van der Waals surface area contributed by atoms with Crippen LogP contribution in [0.5, 0.6) is 5.75 Å². The fourth-order valence-electron chi connectivity index (χ4n) is 3.68. The summed E-state index contributed by atoms with van der Waals surface area (Å²) in [5.74, 6) is 2.13. The number of nitrogens with one attached hydrogen (secondary N) is 1. The van der Waals surface area contributed by atoms with Crippen molar-refractivity contribution in [2.24, 2.45) is 0 Å². The van der Waals surface area contributed by atoms with Crippen molar-refractivity contribution in [3.05, 3.63) is 59.4 Å². The van der Waals surface area contributed by atoms with Crippen molar-refractivity contribution in [2.45, 2.75) is 53.0 Å². The molecule has 0 aliphatic carbocycles. The third-order valence-electron chi connectivity index (χ3n) is 5.15. The minimum Gasteiger partial charge on any atom is -0.491 e. The van der Waals surface area contributed by atoms with E-state index < -0.39 is 0 Å². The zero-order valence-corrected chi connectivity index (χ0v) is 17.7. The molecule has 0 fully saturated rings. The lowest BCUT2D eigenvalue weighted by molar-refractivity contribution is -0.118. The molecule has 29 heavy (non-hydrogen) atoms. The molecule has 0 saturated carbocycles. The number of aromatic nitrogens is 2. The maximum absolute atomic E-state index is 11.0. The van der Waals surface area contributed by atoms with Gasteiger partial charge in [0, 0.05) is 19.9 Å². The van der Waals surface area contributed by atoms with E-state index in [-0.39, 0.29) is 5.91 Å². The summed E-state index contributed by atoms with van der Waals surface area (Å²) in [4.78, 5) is 15.8. The second-order valence-corrected chi connectivity index (χ2v) is 7.53. The van der Waals surface area contributed by atoms with Crippen LogP contribution in [-0.2, 0) is 17.8 Å². The predicted molar refractivity (Wildman–Crippen MR) is 117 cm³/mol. The number of nitrogens with zero attached hydrogens (tertiary/aromatic N) is 2. The molecule has 1 aromatic heterocycles. The third kappa shape index (κ3) is 5.59. The topological polar surface area (TPSA) is 56.2 Å². The van der Waals surface area contributed by atoms with E-state index in [1.54, 1.807) is 6.92 Å². The zero-order chi connectivity index (χ0) is 20.6. The standard InChI is InChI=1S/C24H31N3O2/c1-18-10-9-11-19(2)24(18)29-17-16-27-22-13-7-6-12-21(22)26-23(27)14-5-4-8-15-25-20(3)28/h6-7,9-13H,4-5,8,14-17H2,1-3H3,(H,25,28). The van der Waals surface area contributed by atoms with Gasteiger partial charge < -0.3 is 14.6 Å². The number of hydrogen-bond donors (Lipinski definition) is 1. The molecule has 0 saturated heterocycles. The monoisotopic (exact) mass is 393 g/mol. The Morgan fingerprint density at radius 3 is 2.55 bits per heavy atom. The summed E-state index contributed by atoms with van der Waals surface area (Å²) in [5, 5.41) is 2.85. The normalized spacial score (nSPS) is 11.0. The van der Waals surface area contributed by atoms with Crippen LogP contribution in [-0.4, -0.2) is 28.6 Å². The van der Waals surface area contributed by atoms with Gasteiger partial charge >= 0.3 is 0 Å². The maximum Gasteiger partial charge on any atom is 0.216 e. The van der Waals surface area contributed by atoms with E-state index in [1.165, 1.54) is 11.1 Å². The van der Waals surface area contributed by atoms with Crippen LogP contribution in [0.25, 0.3) is 11.0 Å². The lowest BCUT2D eigenvalue weighted by atomic mass is 10.1. The molecule has 3 aromatic rings. The van der Waals surface area contributed by atoms with Gasteiger partial charge in [-0.3, -0.25) is 4.79 Å². The number of carbonyl (C=O) groups excluding carboxylic acids is 1. The highest BCUT2D eigenvalue weighted by Crippen LogP contribution is 2.23. The molecule has 1 N–H and O–H groups in total. The van der Waals surface area contributed by atoms with Crippen LogP contribution in [0.1, 0.15) is 43.1 Å². The summed E-state index contributed by atoms with van der Waals surface area (Å²) in [6.45, 7) is 7.86. The van der Waals surface area contributed by atoms with Crippen LogP contribution in [0, 0.1) is 13.8 Å². The molecular formula is C24H31N3O2. The highest BCUT2D eigenvalue weighted by Gasteiger charge is 2.11. The molecule has 5 nitrogen and oxygen atoms in total. The maximum atomic E-state index is 11.0. The highest BCUT2D eigenvalue weighted by molar-refractivity contribution is 5.75. The number of benzene rings is 2. The summed E-state index contributed by atoms with van der Waals surface area (Å²) >= 11 is 0. The Morgan fingerprint density at radius 1 is 1.03 bits per heavy atom. The quantitative estimate of drug-likeness (QED) is 0.513. The SMILES string of the molecule is CC(=O)NCCCCCc1nc2ccccc2n1CCOc1c(C)cccc1C. The number of imidazole rings is 1. The molecule has 0 bridgehead atoms. The van der Waals surface area contributed by atoms with Gasteiger partial charge in [0.05, 0.1) is 17.6 Å². The van der Waals surface area contributed by atoms with E-state index in [2.05, 4.69) is 60.1 Å². The van der Waals surface area contributed by atoms with Gasteiger partial charge in [-0.15, -0.1) is 0 Å². The van der Waals surface area contributed by atoms with E-state index in [4.69, 9.17) is 9.72 Å². The Kier molecular flexibility index (Phi) is 7.28. The van der Waals surface area contributed by atoms with Gasteiger partial charge in [0.1, 0.15) is 18.2 Å². The smallest absolute Gasteiger partial charge is 0.216 e. The molecule has 0 aliphatic heterocycles. The molecule has 0 atom stereocenters. The first kappa shape index (κ1) is 20.9. The second kappa shape index (κ2) is 10.1. The Bertz CT molecular complexity index is 942. The first-order chi connectivity index (χ1) is 14.1. The van der Waals surface area contributed by atoms with E-state index >= 15 is 0 Å². The number of aryl methyl sites for hydroxylation is 3. The second-order valence-electron chi connectivity index (χ2n) is 7.53. The molecule has 0 spiro atoms. The number of ether oxygens (including phenoxy) is 1. The van der Waals surface area contributed by atoms with Crippen LogP contribution >= 0.6 is 0 Å². The van der Waals surface area contributed by atoms with Crippen molar-refractivity contribution in [3.63, 3.8) is 0 Å². The van der Waals surface area contributed by atoms with Crippen molar-refractivity contribution in [2.75, 3.05) is 13.2 Å². The minimum atomic E-state index is 0.0377. The first-order valence-electron chi connectivity index (χ1n) is 10.4. The molecule has 2 aromatic carbocycles. The average Bonchev–Trinajstić information content (AvgIpc) is 3.04. The van der Waals surface area contributed by atoms with E-state index in [1.807, 2.05) is 6.07 Å². The van der Waals surface area contributed by atoms with Crippen molar-refractivity contribution in [3.8, 4) is 5.75 Å². The largest absolute Gasteiger partial charge is 0.491 e. The van der Waals surface area contributed by atoms with E-state index in [0.717, 1.165) is 61.4 Å². The molecule has 5 heteroatoms. The summed E-state index contributed by atoms with van der Waals surface area (Å²) in [5.41, 5.74) is 4.53. The predicted octanol–water partition coefficient (Wildman–Crippen LogP) is 4.58. The number of carbonyl (C=O) groups is 1. The molecular weight excluding hydrogens is 362 g/mol. The zero-order valence-electron chi connectivity index (χ0n) is 17.7. The van der Waals surface area contributed by atoms with Crippen LogP contribution in [0.3, 0.4) is 0 Å². The van der Waals surface area contributed by atoms with Crippen LogP contribution in [0.15, 0.2) is 42.5 Å². The number of hydrogen-bond acceptors (Lipinski definition) is 3. The minimum absolute atomic E-state index is 0.0377. The van der Waals surface area contributed by atoms with Crippen molar-refractivity contribution in [1.82, 2.24) is 14.9 Å². The fraction of sp³-hybridized carbons (Fsp3) is 0.417. The van der Waals surface area contributed by atoms with E-state index in [0.29, 0.717) is 6.61 Å². The third-order valence-corrected chi connectivity index (χ3v) is 5.15. The number of para-hydroxylation sites is 3. The number of rotatable bonds is 10. The Hall–Kier alpha value is -2.82. The Morgan fingerprint density at radius 2 is 1.79 bits per heavy atom. The van der Waals surface area contributed by atoms with Crippen LogP contribution in [0.4, 0.5) is 0 Å². The van der Waals surface area contributed by atoms with Gasteiger partial charge in [-0.05, 0) is 49.9 Å². The Labute approximate surface area is 173 Å². The van der Waals surface area contributed by atoms with Crippen LogP contribution in [0.2, 0.25) is 0 Å². The Balaban J connectivity index is 1.63. The van der Waals surface area contributed by atoms with Gasteiger partial charge in [-0.1, -0.05) is 36.8 Å². The fourth-order valence-corrected chi connectivity index (χ4v) is 3.68. The number of unbranched alkanes of at least 4 members (excludes halogenated alkanes) is 2. The van der Waals surface area contributed by atoms with Gasteiger partial charge in [0.25, 0.3) is 0 Å². The highest BCUT2D eigenvalue weighted by atomic mass is 16.5. The summed E-state index contributed by atoms with van der Waals surface area (Å²) < 4.78 is 8.42. The summed E-state index contributed by atoms with van der Waals surface area (Å²) in [7, 11) is 0. The lowest BCUT2D eigenvalue weighted by Gasteiger charge is -2.14. The van der Waals surface area contributed by atoms with Gasteiger partial charge in [0.2, 0.25) is 5.91 Å². The van der Waals surface area contributed by atoms with Crippen molar-refractivity contribution >= 4 is 16.9 Å². The van der Waals surface area contributed by atoms with Gasteiger partial charge in [-0.25, -0.2) is 4.98 Å². The van der Waals surface area contributed by atoms with Crippen molar-refractivity contribution in [1.29, 1.82) is 0 Å². The molecule has 154 valence electrons. The molecule has 1 amide bonds. The average molecular weight is 394 g/mol. The number of fused-ring (bicyclic) bond motifs is 1. The molecule has 3 rings (SSSR count). The van der Waals surface area contributed by atoms with Crippen molar-refractivity contribution < 1.29 is 9.53 Å². The van der Waals surface area contributed by atoms with Crippen LogP contribution < -0.4 is 10.1 Å². The molecule has 0 radical (unpaired) electrons. The molecule has 0 unspecified atom stereocenters. The molecule has 0 aliphatic rings. The number of amides is 1. The lowest BCUT2D eigenvalue weighted by Crippen LogP contribution is -2.20. The van der Waals surface area contributed by atoms with Gasteiger partial charge in [-0.2, -0.15) is 0 Å². The summed E-state index contributed by atoms with van der Waals surface area (Å²) in [6.07, 6.45) is 4.05. The first-order valence-corrected chi connectivity index (χ1v) is 10.4. The van der Waals surface area contributed by atoms with E-state index in [9.17, 15) is 4.79 Å². The summed E-state index contributed by atoms with van der Waals surface area (Å²) in [6, 6.07) is 14.5. The van der Waals surface area contributed by atoms with Gasteiger partial charge in [0.15, 0.2) is 0 Å². The molecule has 1 heterocycles.